The van der Waals surface area contributed by atoms with Crippen molar-refractivity contribution in [3.05, 3.63) is 60.4 Å². The normalized spacial score (nSPS) is 11.6. The van der Waals surface area contributed by atoms with Crippen LogP contribution in [0.3, 0.4) is 0 Å². The van der Waals surface area contributed by atoms with Gasteiger partial charge in [-0.15, -0.1) is 0 Å². The first kappa shape index (κ1) is 14.2. The Morgan fingerprint density at radius 3 is 2.41 bits per heavy atom. The van der Waals surface area contributed by atoms with Crippen LogP contribution in [-0.2, 0) is 6.18 Å². The van der Waals surface area contributed by atoms with E-state index in [1.54, 1.807) is 30.6 Å². The van der Waals surface area contributed by atoms with E-state index in [0.717, 1.165) is 0 Å². The molecule has 0 unspecified atom stereocenters. The van der Waals surface area contributed by atoms with E-state index in [4.69, 9.17) is 0 Å². The molecule has 0 spiro atoms. The van der Waals surface area contributed by atoms with E-state index in [2.05, 4.69) is 15.0 Å². The van der Waals surface area contributed by atoms with E-state index in [-0.39, 0.29) is 11.4 Å². The van der Waals surface area contributed by atoms with Crippen LogP contribution in [0.25, 0.3) is 22.5 Å². The van der Waals surface area contributed by atoms with Gasteiger partial charge in [0.2, 0.25) is 0 Å². The predicted octanol–water partition coefficient (Wildman–Crippen LogP) is 4.30. The number of nitrogens with zero attached hydrogens (tertiary/aromatic N) is 2. The summed E-state index contributed by atoms with van der Waals surface area (Å²) in [6, 6.07) is 7.70. The summed E-state index contributed by atoms with van der Waals surface area (Å²) in [4.78, 5) is 9.60. The number of H-pyrrole nitrogens is 1. The summed E-state index contributed by atoms with van der Waals surface area (Å²) in [6.45, 7) is 0. The molecule has 3 rings (SSSR count). The lowest BCUT2D eigenvalue weighted by atomic mass is 10.0. The Labute approximate surface area is 122 Å². The van der Waals surface area contributed by atoms with Crippen LogP contribution >= 0.6 is 0 Å². The van der Waals surface area contributed by atoms with Crippen molar-refractivity contribution in [2.45, 2.75) is 6.18 Å². The summed E-state index contributed by atoms with van der Waals surface area (Å²) >= 11 is 0. The lowest BCUT2D eigenvalue weighted by molar-refractivity contribution is -0.140. The first-order valence-corrected chi connectivity index (χ1v) is 6.27. The van der Waals surface area contributed by atoms with Gasteiger partial charge in [0.05, 0.1) is 11.8 Å². The van der Waals surface area contributed by atoms with Gasteiger partial charge in [0, 0.05) is 18.0 Å². The van der Waals surface area contributed by atoms with Gasteiger partial charge in [-0.05, 0) is 23.8 Å². The Kier molecular flexibility index (Phi) is 3.40. The van der Waals surface area contributed by atoms with E-state index >= 15 is 0 Å². The molecule has 0 fully saturated rings. The molecule has 0 aliphatic rings. The lowest BCUT2D eigenvalue weighted by Gasteiger charge is -2.05. The molecule has 0 radical (unpaired) electrons. The Morgan fingerprint density at radius 2 is 1.82 bits per heavy atom. The van der Waals surface area contributed by atoms with Gasteiger partial charge in [-0.1, -0.05) is 12.1 Å². The minimum Gasteiger partial charge on any atom is -0.334 e. The average molecular weight is 307 g/mol. The molecule has 7 heteroatoms. The fourth-order valence-corrected chi connectivity index (χ4v) is 2.02. The molecule has 3 nitrogen and oxygen atoms in total. The topological polar surface area (TPSA) is 41.6 Å². The van der Waals surface area contributed by atoms with Crippen LogP contribution in [0.4, 0.5) is 17.6 Å². The monoisotopic (exact) mass is 307 g/mol. The summed E-state index contributed by atoms with van der Waals surface area (Å²) in [5.74, 6) is -0.827. The minimum absolute atomic E-state index is 0.0249. The molecule has 0 saturated heterocycles. The van der Waals surface area contributed by atoms with Crippen molar-refractivity contribution in [1.29, 1.82) is 0 Å². The number of rotatable bonds is 2. The summed E-state index contributed by atoms with van der Waals surface area (Å²) in [7, 11) is 0. The van der Waals surface area contributed by atoms with Crippen LogP contribution in [0.2, 0.25) is 0 Å². The van der Waals surface area contributed by atoms with E-state index in [1.165, 1.54) is 12.1 Å². The molecule has 0 bridgehead atoms. The van der Waals surface area contributed by atoms with Crippen LogP contribution in [0.15, 0.2) is 48.9 Å². The zero-order chi connectivity index (χ0) is 15.7. The average Bonchev–Trinajstić information content (AvgIpc) is 2.98. The fourth-order valence-electron chi connectivity index (χ4n) is 2.02. The van der Waals surface area contributed by atoms with Gasteiger partial charge in [-0.2, -0.15) is 13.2 Å². The smallest absolute Gasteiger partial charge is 0.334 e. The molecule has 1 N–H and O–H groups in total. The number of nitrogens with one attached hydrogen (secondary N) is 1. The predicted molar refractivity (Wildman–Crippen MR) is 72.2 cm³/mol. The van der Waals surface area contributed by atoms with Gasteiger partial charge in [0.25, 0.3) is 0 Å². The second kappa shape index (κ2) is 5.25. The van der Waals surface area contributed by atoms with Crippen molar-refractivity contribution in [3.63, 3.8) is 0 Å². The second-order valence-electron chi connectivity index (χ2n) is 4.58. The number of hydrogen-bond donors (Lipinski definition) is 1. The number of hydrogen-bond acceptors (Lipinski definition) is 2. The molecule has 3 aromatic rings. The summed E-state index contributed by atoms with van der Waals surface area (Å²) in [6.07, 6.45) is -0.736. The highest BCUT2D eigenvalue weighted by Crippen LogP contribution is 2.31. The maximum absolute atomic E-state index is 14.2. The van der Waals surface area contributed by atoms with Crippen LogP contribution in [0, 0.1) is 5.82 Å². The van der Waals surface area contributed by atoms with Crippen LogP contribution in [0.5, 0.6) is 0 Å². The standard InChI is InChI=1S/C15H9F4N3/c16-12-6-9(10-2-1-5-20-7-10)3-4-11(12)14-21-8-13(22-14)15(17,18)19/h1-8H,(H,21,22). The van der Waals surface area contributed by atoms with Crippen LogP contribution < -0.4 is 0 Å². The third-order valence-electron chi connectivity index (χ3n) is 3.10. The number of aromatic nitrogens is 3. The zero-order valence-corrected chi connectivity index (χ0v) is 11.0. The Morgan fingerprint density at radius 1 is 1.00 bits per heavy atom. The van der Waals surface area contributed by atoms with Crippen molar-refractivity contribution in [3.8, 4) is 22.5 Å². The highest BCUT2D eigenvalue weighted by atomic mass is 19.4. The Balaban J connectivity index is 1.98. The van der Waals surface area contributed by atoms with Crippen LogP contribution in [-0.4, -0.2) is 15.0 Å². The lowest BCUT2D eigenvalue weighted by Crippen LogP contribution is -2.04. The number of halogens is 4. The number of pyridine rings is 1. The third kappa shape index (κ3) is 2.69. The van der Waals surface area contributed by atoms with E-state index in [0.29, 0.717) is 17.3 Å². The largest absolute Gasteiger partial charge is 0.432 e. The Bertz CT molecular complexity index is 794. The molecule has 2 aromatic heterocycles. The maximum atomic E-state index is 14.2. The maximum Gasteiger partial charge on any atom is 0.432 e. The number of alkyl halides is 3. The number of imidazole rings is 1. The third-order valence-corrected chi connectivity index (χ3v) is 3.10. The number of aromatic amines is 1. The van der Waals surface area contributed by atoms with Gasteiger partial charge in [0.1, 0.15) is 17.3 Å². The van der Waals surface area contributed by atoms with E-state index < -0.39 is 17.7 Å². The molecule has 0 saturated carbocycles. The molecule has 0 amide bonds. The summed E-state index contributed by atoms with van der Waals surface area (Å²) < 4.78 is 51.8. The minimum atomic E-state index is -4.54. The van der Waals surface area contributed by atoms with Gasteiger partial charge in [0.15, 0.2) is 0 Å². The Hall–Kier alpha value is -2.70. The van der Waals surface area contributed by atoms with Crippen molar-refractivity contribution < 1.29 is 17.6 Å². The van der Waals surface area contributed by atoms with E-state index in [1.807, 2.05) is 0 Å². The first-order valence-electron chi connectivity index (χ1n) is 6.27. The molecular weight excluding hydrogens is 298 g/mol. The van der Waals surface area contributed by atoms with Crippen molar-refractivity contribution in [2.75, 3.05) is 0 Å². The van der Waals surface area contributed by atoms with Crippen molar-refractivity contribution >= 4 is 0 Å². The molecule has 2 heterocycles. The molecule has 112 valence electrons. The molecule has 0 atom stereocenters. The highest BCUT2D eigenvalue weighted by Gasteiger charge is 2.33. The summed E-state index contributed by atoms with van der Waals surface area (Å²) in [5, 5.41) is 0. The second-order valence-corrected chi connectivity index (χ2v) is 4.58. The first-order chi connectivity index (χ1) is 10.4. The van der Waals surface area contributed by atoms with Gasteiger partial charge >= 0.3 is 6.18 Å². The number of benzene rings is 1. The molecular formula is C15H9F4N3. The van der Waals surface area contributed by atoms with Crippen LogP contribution in [0.1, 0.15) is 5.69 Å². The van der Waals surface area contributed by atoms with Gasteiger partial charge in [-0.3, -0.25) is 4.98 Å². The molecule has 22 heavy (non-hydrogen) atoms. The van der Waals surface area contributed by atoms with Crippen molar-refractivity contribution in [2.24, 2.45) is 0 Å². The molecule has 0 aliphatic heterocycles. The molecule has 1 aromatic carbocycles. The fraction of sp³-hybridized carbons (Fsp3) is 0.0667. The quantitative estimate of drug-likeness (QED) is 0.717. The SMILES string of the molecule is Fc1cc(-c2cccnc2)ccc1-c1ncc(C(F)(F)F)[nH]1. The van der Waals surface area contributed by atoms with Gasteiger partial charge in [-0.25, -0.2) is 9.37 Å². The van der Waals surface area contributed by atoms with Crippen molar-refractivity contribution in [1.82, 2.24) is 15.0 Å². The van der Waals surface area contributed by atoms with Gasteiger partial charge < -0.3 is 4.98 Å². The summed E-state index contributed by atoms with van der Waals surface area (Å²) in [5.41, 5.74) is 0.252. The zero-order valence-electron chi connectivity index (χ0n) is 11.0. The molecule has 0 aliphatic carbocycles. The highest BCUT2D eigenvalue weighted by molar-refractivity contribution is 5.67. The van der Waals surface area contributed by atoms with E-state index in [9.17, 15) is 17.6 Å².